The molecular formula is C14H15N3O2. The molecule has 98 valence electrons. The quantitative estimate of drug-likeness (QED) is 0.884. The largest absolute Gasteiger partial charge is 0.496 e. The van der Waals surface area contributed by atoms with E-state index in [1.54, 1.807) is 24.3 Å². The number of carbonyl (C=O) groups is 1. The molecule has 0 unspecified atom stereocenters. The fourth-order valence-corrected chi connectivity index (χ4v) is 1.68. The number of aryl methyl sites for hydroxylation is 1. The number of ether oxygens (including phenoxy) is 1. The van der Waals surface area contributed by atoms with Crippen molar-refractivity contribution < 1.29 is 9.53 Å². The molecule has 0 aliphatic carbocycles. The van der Waals surface area contributed by atoms with E-state index in [9.17, 15) is 4.79 Å². The van der Waals surface area contributed by atoms with Crippen LogP contribution in [0.3, 0.4) is 0 Å². The molecule has 2 rings (SSSR count). The summed E-state index contributed by atoms with van der Waals surface area (Å²) in [5.41, 5.74) is 7.55. The Hall–Kier alpha value is -2.56. The molecule has 0 saturated carbocycles. The lowest BCUT2D eigenvalue weighted by Gasteiger charge is -2.10. The van der Waals surface area contributed by atoms with Gasteiger partial charge in [-0.1, -0.05) is 11.6 Å². The predicted molar refractivity (Wildman–Crippen MR) is 74.3 cm³/mol. The second-order valence-electron chi connectivity index (χ2n) is 4.13. The zero-order valence-electron chi connectivity index (χ0n) is 10.8. The summed E-state index contributed by atoms with van der Waals surface area (Å²) in [4.78, 5) is 16.1. The van der Waals surface area contributed by atoms with Crippen molar-refractivity contribution in [3.63, 3.8) is 0 Å². The van der Waals surface area contributed by atoms with Gasteiger partial charge < -0.3 is 15.8 Å². The third kappa shape index (κ3) is 3.01. The molecule has 0 fully saturated rings. The number of aromatic nitrogens is 1. The summed E-state index contributed by atoms with van der Waals surface area (Å²) >= 11 is 0. The van der Waals surface area contributed by atoms with Gasteiger partial charge in [0.2, 0.25) is 0 Å². The van der Waals surface area contributed by atoms with E-state index in [-0.39, 0.29) is 5.91 Å². The molecule has 0 saturated heterocycles. The number of nitrogens with two attached hydrogens (primary N) is 1. The van der Waals surface area contributed by atoms with Crippen LogP contribution in [-0.4, -0.2) is 18.0 Å². The van der Waals surface area contributed by atoms with Crippen molar-refractivity contribution in [3.8, 4) is 5.75 Å². The van der Waals surface area contributed by atoms with E-state index >= 15 is 0 Å². The number of methoxy groups -OCH3 is 1. The molecule has 1 heterocycles. The number of carbonyl (C=O) groups excluding carboxylic acids is 1. The number of amides is 1. The minimum atomic E-state index is -0.243. The Labute approximate surface area is 111 Å². The number of anilines is 2. The van der Waals surface area contributed by atoms with Gasteiger partial charge in [0, 0.05) is 0 Å². The average Bonchev–Trinajstić information content (AvgIpc) is 2.41. The highest BCUT2D eigenvalue weighted by atomic mass is 16.5. The average molecular weight is 257 g/mol. The molecule has 0 aliphatic rings. The van der Waals surface area contributed by atoms with E-state index in [1.807, 2.05) is 13.0 Å². The fraction of sp³-hybridized carbons (Fsp3) is 0.143. The van der Waals surface area contributed by atoms with Crippen molar-refractivity contribution in [2.45, 2.75) is 6.92 Å². The summed E-state index contributed by atoms with van der Waals surface area (Å²) in [7, 11) is 1.53. The molecule has 3 N–H and O–H groups in total. The van der Waals surface area contributed by atoms with Crippen LogP contribution in [0.25, 0.3) is 0 Å². The molecule has 1 amide bonds. The van der Waals surface area contributed by atoms with Crippen LogP contribution in [0, 0.1) is 6.92 Å². The number of hydrogen-bond acceptors (Lipinski definition) is 4. The molecule has 5 heteroatoms. The standard InChI is InChI=1S/C14H15N3O2/c1-9-3-5-12(19-2)11(7-9)14(18)17-10-4-6-13(15)16-8-10/h3-8H,1-2H3,(H2,15,16)(H,17,18). The van der Waals surface area contributed by atoms with Crippen LogP contribution >= 0.6 is 0 Å². The number of pyridine rings is 1. The predicted octanol–water partition coefficient (Wildman–Crippen LogP) is 2.23. The van der Waals surface area contributed by atoms with E-state index in [0.29, 0.717) is 22.8 Å². The zero-order chi connectivity index (χ0) is 13.8. The van der Waals surface area contributed by atoms with Gasteiger partial charge in [-0.05, 0) is 31.2 Å². The number of nitrogens with zero attached hydrogens (tertiary/aromatic N) is 1. The van der Waals surface area contributed by atoms with Crippen LogP contribution in [0.15, 0.2) is 36.5 Å². The van der Waals surface area contributed by atoms with Gasteiger partial charge in [-0.15, -0.1) is 0 Å². The Bertz CT molecular complexity index is 594. The van der Waals surface area contributed by atoms with Crippen molar-refractivity contribution >= 4 is 17.4 Å². The molecule has 0 aliphatic heterocycles. The van der Waals surface area contributed by atoms with Crippen molar-refractivity contribution in [2.24, 2.45) is 0 Å². The molecule has 0 atom stereocenters. The number of rotatable bonds is 3. The highest BCUT2D eigenvalue weighted by molar-refractivity contribution is 6.06. The van der Waals surface area contributed by atoms with Gasteiger partial charge in [0.05, 0.1) is 24.6 Å². The lowest BCUT2D eigenvalue weighted by atomic mass is 10.1. The van der Waals surface area contributed by atoms with Crippen LogP contribution in [0.4, 0.5) is 11.5 Å². The summed E-state index contributed by atoms with van der Waals surface area (Å²) in [6, 6.07) is 8.76. The fourth-order valence-electron chi connectivity index (χ4n) is 1.68. The van der Waals surface area contributed by atoms with Gasteiger partial charge in [0.15, 0.2) is 0 Å². The molecule has 19 heavy (non-hydrogen) atoms. The van der Waals surface area contributed by atoms with E-state index in [4.69, 9.17) is 10.5 Å². The lowest BCUT2D eigenvalue weighted by Crippen LogP contribution is -2.13. The van der Waals surface area contributed by atoms with E-state index in [0.717, 1.165) is 5.56 Å². The summed E-state index contributed by atoms with van der Waals surface area (Å²) in [6.07, 6.45) is 1.51. The Morgan fingerprint density at radius 1 is 1.32 bits per heavy atom. The van der Waals surface area contributed by atoms with Gasteiger partial charge in [-0.3, -0.25) is 4.79 Å². The van der Waals surface area contributed by atoms with Gasteiger partial charge in [-0.2, -0.15) is 0 Å². The Balaban J connectivity index is 2.24. The van der Waals surface area contributed by atoms with Crippen LogP contribution < -0.4 is 15.8 Å². The number of hydrogen-bond donors (Lipinski definition) is 2. The van der Waals surface area contributed by atoms with Crippen LogP contribution in [0.5, 0.6) is 5.75 Å². The minimum Gasteiger partial charge on any atom is -0.496 e. The first-order chi connectivity index (χ1) is 9.10. The Morgan fingerprint density at radius 2 is 2.11 bits per heavy atom. The van der Waals surface area contributed by atoms with Gasteiger partial charge >= 0.3 is 0 Å². The molecule has 0 radical (unpaired) electrons. The molecule has 1 aromatic heterocycles. The Kier molecular flexibility index (Phi) is 3.66. The lowest BCUT2D eigenvalue weighted by molar-refractivity contribution is 0.102. The summed E-state index contributed by atoms with van der Waals surface area (Å²) < 4.78 is 5.18. The summed E-state index contributed by atoms with van der Waals surface area (Å²) in [6.45, 7) is 1.92. The van der Waals surface area contributed by atoms with Crippen molar-refractivity contribution in [2.75, 3.05) is 18.2 Å². The zero-order valence-corrected chi connectivity index (χ0v) is 10.8. The topological polar surface area (TPSA) is 77.2 Å². The second kappa shape index (κ2) is 5.39. The number of benzene rings is 1. The van der Waals surface area contributed by atoms with Gasteiger partial charge in [-0.25, -0.2) is 4.98 Å². The van der Waals surface area contributed by atoms with Gasteiger partial charge in [0.25, 0.3) is 5.91 Å². The highest BCUT2D eigenvalue weighted by Gasteiger charge is 2.12. The molecule has 5 nitrogen and oxygen atoms in total. The first kappa shape index (κ1) is 12.9. The van der Waals surface area contributed by atoms with E-state index in [1.165, 1.54) is 13.3 Å². The van der Waals surface area contributed by atoms with Crippen molar-refractivity contribution in [1.29, 1.82) is 0 Å². The first-order valence-electron chi connectivity index (χ1n) is 5.77. The van der Waals surface area contributed by atoms with Crippen LogP contribution in [0.2, 0.25) is 0 Å². The monoisotopic (exact) mass is 257 g/mol. The van der Waals surface area contributed by atoms with Crippen LogP contribution in [0.1, 0.15) is 15.9 Å². The minimum absolute atomic E-state index is 0.243. The van der Waals surface area contributed by atoms with Crippen LogP contribution in [-0.2, 0) is 0 Å². The number of nitrogens with one attached hydrogen (secondary N) is 1. The van der Waals surface area contributed by atoms with E-state index < -0.39 is 0 Å². The normalized spacial score (nSPS) is 10.0. The first-order valence-corrected chi connectivity index (χ1v) is 5.77. The smallest absolute Gasteiger partial charge is 0.259 e. The number of nitrogen functional groups attached to an aromatic ring is 1. The maximum absolute atomic E-state index is 12.2. The maximum atomic E-state index is 12.2. The second-order valence-corrected chi connectivity index (χ2v) is 4.13. The summed E-state index contributed by atoms with van der Waals surface area (Å²) in [5, 5.41) is 2.75. The third-order valence-electron chi connectivity index (χ3n) is 2.64. The summed E-state index contributed by atoms with van der Waals surface area (Å²) in [5.74, 6) is 0.699. The van der Waals surface area contributed by atoms with Crippen molar-refractivity contribution in [3.05, 3.63) is 47.7 Å². The van der Waals surface area contributed by atoms with E-state index in [2.05, 4.69) is 10.3 Å². The Morgan fingerprint density at radius 3 is 2.74 bits per heavy atom. The SMILES string of the molecule is COc1ccc(C)cc1C(=O)Nc1ccc(N)nc1. The molecule has 0 bridgehead atoms. The highest BCUT2D eigenvalue weighted by Crippen LogP contribution is 2.21. The molecule has 1 aromatic carbocycles. The third-order valence-corrected chi connectivity index (χ3v) is 2.64. The molecular weight excluding hydrogens is 242 g/mol. The van der Waals surface area contributed by atoms with Crippen molar-refractivity contribution in [1.82, 2.24) is 4.98 Å². The molecule has 0 spiro atoms. The molecule has 2 aromatic rings. The van der Waals surface area contributed by atoms with Gasteiger partial charge in [0.1, 0.15) is 11.6 Å². The maximum Gasteiger partial charge on any atom is 0.259 e.